The predicted octanol–water partition coefficient (Wildman–Crippen LogP) is 0.910. The second-order valence-electron chi connectivity index (χ2n) is 3.85. The fourth-order valence-electron chi connectivity index (χ4n) is 1.50. The van der Waals surface area contributed by atoms with E-state index in [2.05, 4.69) is 0 Å². The molecule has 0 aliphatic heterocycles. The van der Waals surface area contributed by atoms with Crippen molar-refractivity contribution < 1.29 is 18.6 Å². The van der Waals surface area contributed by atoms with Crippen molar-refractivity contribution in [3.05, 3.63) is 61.2 Å². The average molecular weight is 246 g/mol. The molecule has 2 aromatic rings. The van der Waals surface area contributed by atoms with Crippen molar-refractivity contribution in [2.45, 2.75) is 13.5 Å². The van der Waals surface area contributed by atoms with Crippen molar-refractivity contribution in [1.29, 1.82) is 0 Å². The molecular weight excluding hydrogens is 228 g/mol. The van der Waals surface area contributed by atoms with Gasteiger partial charge in [0, 0.05) is 24.3 Å². The van der Waals surface area contributed by atoms with Crippen LogP contribution in [-0.4, -0.2) is 13.2 Å². The van der Waals surface area contributed by atoms with Crippen molar-refractivity contribution in [2.75, 3.05) is 13.2 Å². The Bertz CT molecular complexity index is 391. The van der Waals surface area contributed by atoms with Crippen LogP contribution in [0, 0.1) is 0 Å². The number of rotatable bonds is 7. The standard InChI is InChI=1S/C14H18N2O2/c1-3-7-15(8-4-1)13-17-11-12-18-14-16-9-5-2-6-10-16/h1-10H,11-14H2/q+2. The van der Waals surface area contributed by atoms with Gasteiger partial charge in [-0.1, -0.05) is 12.1 Å². The fraction of sp³-hybridized carbons (Fsp3) is 0.286. The molecule has 4 nitrogen and oxygen atoms in total. The summed E-state index contributed by atoms with van der Waals surface area (Å²) < 4.78 is 14.9. The Morgan fingerprint density at radius 1 is 0.556 bits per heavy atom. The Morgan fingerprint density at radius 3 is 1.33 bits per heavy atom. The van der Waals surface area contributed by atoms with Gasteiger partial charge >= 0.3 is 0 Å². The van der Waals surface area contributed by atoms with E-state index >= 15 is 0 Å². The van der Waals surface area contributed by atoms with Crippen LogP contribution in [0.4, 0.5) is 0 Å². The van der Waals surface area contributed by atoms with Crippen LogP contribution in [0.3, 0.4) is 0 Å². The van der Waals surface area contributed by atoms with Crippen molar-refractivity contribution in [1.82, 2.24) is 0 Å². The lowest BCUT2D eigenvalue weighted by atomic mass is 10.5. The first-order valence-electron chi connectivity index (χ1n) is 5.99. The largest absolute Gasteiger partial charge is 0.321 e. The molecule has 0 saturated heterocycles. The number of aromatic nitrogens is 2. The van der Waals surface area contributed by atoms with Gasteiger partial charge in [-0.05, 0) is 0 Å². The third-order valence-electron chi connectivity index (χ3n) is 2.41. The Balaban J connectivity index is 1.54. The normalized spacial score (nSPS) is 10.4. The maximum atomic E-state index is 5.49. The average Bonchev–Trinajstić information content (AvgIpc) is 2.45. The SMILES string of the molecule is c1cc[n+](COCCOC[n+]2ccccc2)cc1. The molecule has 2 rings (SSSR count). The first-order valence-corrected chi connectivity index (χ1v) is 5.99. The van der Waals surface area contributed by atoms with E-state index in [1.807, 2.05) is 70.3 Å². The lowest BCUT2D eigenvalue weighted by molar-refractivity contribution is -0.737. The zero-order valence-corrected chi connectivity index (χ0v) is 10.3. The highest BCUT2D eigenvalue weighted by atomic mass is 16.5. The van der Waals surface area contributed by atoms with Crippen LogP contribution in [0.25, 0.3) is 0 Å². The van der Waals surface area contributed by atoms with Crippen LogP contribution in [-0.2, 0) is 22.9 Å². The van der Waals surface area contributed by atoms with E-state index in [0.717, 1.165) is 0 Å². The molecule has 0 aliphatic rings. The smallest absolute Gasteiger partial charge is 0.252 e. The topological polar surface area (TPSA) is 26.2 Å². The van der Waals surface area contributed by atoms with Crippen LogP contribution in [0.15, 0.2) is 61.2 Å². The molecule has 2 heterocycles. The lowest BCUT2D eigenvalue weighted by Crippen LogP contribution is -2.36. The van der Waals surface area contributed by atoms with E-state index in [1.54, 1.807) is 0 Å². The minimum absolute atomic E-state index is 0.558. The molecule has 0 saturated carbocycles. The van der Waals surface area contributed by atoms with Crippen LogP contribution in [0.2, 0.25) is 0 Å². The molecule has 0 spiro atoms. The minimum Gasteiger partial charge on any atom is -0.321 e. The Morgan fingerprint density at radius 2 is 0.944 bits per heavy atom. The number of hydrogen-bond acceptors (Lipinski definition) is 2. The molecule has 4 heteroatoms. The fourth-order valence-corrected chi connectivity index (χ4v) is 1.50. The highest BCUT2D eigenvalue weighted by molar-refractivity contribution is 4.83. The minimum atomic E-state index is 0.558. The molecular formula is C14H18N2O2+2. The molecule has 0 bridgehead atoms. The van der Waals surface area contributed by atoms with E-state index < -0.39 is 0 Å². The molecule has 0 radical (unpaired) electrons. The van der Waals surface area contributed by atoms with Crippen LogP contribution >= 0.6 is 0 Å². The summed E-state index contributed by atoms with van der Waals surface area (Å²) in [7, 11) is 0. The number of pyridine rings is 2. The molecule has 94 valence electrons. The maximum Gasteiger partial charge on any atom is 0.252 e. The molecule has 0 amide bonds. The van der Waals surface area contributed by atoms with Gasteiger partial charge in [-0.25, -0.2) is 0 Å². The zero-order valence-electron chi connectivity index (χ0n) is 10.3. The monoisotopic (exact) mass is 246 g/mol. The first-order chi connectivity index (χ1) is 8.95. The van der Waals surface area contributed by atoms with E-state index in [-0.39, 0.29) is 0 Å². The molecule has 0 unspecified atom stereocenters. The maximum absolute atomic E-state index is 5.49. The highest BCUT2D eigenvalue weighted by Gasteiger charge is 1.99. The van der Waals surface area contributed by atoms with Gasteiger partial charge in [0.25, 0.3) is 13.5 Å². The van der Waals surface area contributed by atoms with E-state index in [0.29, 0.717) is 26.7 Å². The van der Waals surface area contributed by atoms with E-state index in [9.17, 15) is 0 Å². The van der Waals surface area contributed by atoms with Crippen molar-refractivity contribution in [3.63, 3.8) is 0 Å². The van der Waals surface area contributed by atoms with Gasteiger partial charge in [0.2, 0.25) is 0 Å². The molecule has 18 heavy (non-hydrogen) atoms. The van der Waals surface area contributed by atoms with E-state index in [1.165, 1.54) is 0 Å². The number of ether oxygens (including phenoxy) is 2. The summed E-state index contributed by atoms with van der Waals surface area (Å²) in [5.74, 6) is 0. The summed E-state index contributed by atoms with van der Waals surface area (Å²) >= 11 is 0. The second-order valence-corrected chi connectivity index (χ2v) is 3.85. The summed E-state index contributed by atoms with van der Waals surface area (Å²) in [4.78, 5) is 0. The van der Waals surface area contributed by atoms with Gasteiger partial charge in [0.15, 0.2) is 24.8 Å². The number of nitrogens with zero attached hydrogens (tertiary/aromatic N) is 2. The molecule has 0 N–H and O–H groups in total. The summed E-state index contributed by atoms with van der Waals surface area (Å²) in [6, 6.07) is 11.9. The van der Waals surface area contributed by atoms with Gasteiger partial charge < -0.3 is 9.47 Å². The van der Waals surface area contributed by atoms with Gasteiger partial charge in [-0.3, -0.25) is 0 Å². The predicted molar refractivity (Wildman–Crippen MR) is 65.2 cm³/mol. The quantitative estimate of drug-likeness (QED) is 0.536. The van der Waals surface area contributed by atoms with Crippen molar-refractivity contribution in [2.24, 2.45) is 0 Å². The highest BCUT2D eigenvalue weighted by Crippen LogP contribution is 1.82. The van der Waals surface area contributed by atoms with Gasteiger partial charge in [-0.2, -0.15) is 9.13 Å². The van der Waals surface area contributed by atoms with Crippen LogP contribution < -0.4 is 9.13 Å². The summed E-state index contributed by atoms with van der Waals surface area (Å²) in [6.45, 7) is 2.30. The second kappa shape index (κ2) is 7.53. The molecule has 0 atom stereocenters. The Hall–Kier alpha value is -1.78. The molecule has 0 aliphatic carbocycles. The van der Waals surface area contributed by atoms with Gasteiger partial charge in [-0.15, -0.1) is 0 Å². The molecule has 0 fully saturated rings. The zero-order chi connectivity index (χ0) is 12.5. The van der Waals surface area contributed by atoms with Gasteiger partial charge in [0.1, 0.15) is 0 Å². The Labute approximate surface area is 107 Å². The summed E-state index contributed by atoms with van der Waals surface area (Å²) in [5, 5.41) is 0. The Kier molecular flexibility index (Phi) is 5.30. The summed E-state index contributed by atoms with van der Waals surface area (Å²) in [6.07, 6.45) is 7.89. The first kappa shape index (κ1) is 12.7. The van der Waals surface area contributed by atoms with Crippen molar-refractivity contribution in [3.8, 4) is 0 Å². The van der Waals surface area contributed by atoms with Crippen LogP contribution in [0.5, 0.6) is 0 Å². The summed E-state index contributed by atoms with van der Waals surface area (Å²) in [5.41, 5.74) is 0. The third-order valence-corrected chi connectivity index (χ3v) is 2.41. The molecule has 0 aromatic carbocycles. The van der Waals surface area contributed by atoms with Crippen LogP contribution in [0.1, 0.15) is 0 Å². The molecule has 2 aromatic heterocycles. The third kappa shape index (κ3) is 4.61. The van der Waals surface area contributed by atoms with E-state index in [4.69, 9.17) is 9.47 Å². The lowest BCUT2D eigenvalue weighted by Gasteiger charge is -2.01. The van der Waals surface area contributed by atoms with Gasteiger partial charge in [0.05, 0.1) is 13.2 Å². The number of hydrogen-bond donors (Lipinski definition) is 0. The van der Waals surface area contributed by atoms with Crippen molar-refractivity contribution >= 4 is 0 Å².